The van der Waals surface area contributed by atoms with Gasteiger partial charge in [-0.05, 0) is 18.6 Å². The average molecular weight is 221 g/mol. The molecule has 1 aromatic carbocycles. The van der Waals surface area contributed by atoms with E-state index in [2.05, 4.69) is 0 Å². The molecular formula is C11H11NO4. The summed E-state index contributed by atoms with van der Waals surface area (Å²) in [6, 6.07) is 5.04. The summed E-state index contributed by atoms with van der Waals surface area (Å²) in [5, 5.41) is 9.11. The molecule has 1 fully saturated rings. The number of nitrogens with zero attached hydrogens (tertiary/aromatic N) is 1. The summed E-state index contributed by atoms with van der Waals surface area (Å²) in [5.41, 5.74) is 1.18. The van der Waals surface area contributed by atoms with Gasteiger partial charge in [0, 0.05) is 0 Å². The van der Waals surface area contributed by atoms with Crippen molar-refractivity contribution in [1.82, 2.24) is 0 Å². The minimum atomic E-state index is -1.03. The monoisotopic (exact) mass is 221 g/mol. The van der Waals surface area contributed by atoms with Crippen LogP contribution in [0.25, 0.3) is 0 Å². The van der Waals surface area contributed by atoms with Crippen molar-refractivity contribution in [1.29, 1.82) is 0 Å². The molecule has 1 aromatic rings. The Morgan fingerprint density at radius 2 is 2.25 bits per heavy atom. The number of carbonyl (C=O) groups is 2. The van der Waals surface area contributed by atoms with Gasteiger partial charge in [-0.2, -0.15) is 0 Å². The molecule has 1 aliphatic heterocycles. The second kappa shape index (κ2) is 3.84. The Hall–Kier alpha value is -2.04. The second-order valence-corrected chi connectivity index (χ2v) is 3.54. The number of hydrogen-bond donors (Lipinski definition) is 1. The topological polar surface area (TPSA) is 66.8 Å². The molecule has 84 valence electrons. The minimum Gasteiger partial charge on any atom is -0.478 e. The Balaban J connectivity index is 2.51. The van der Waals surface area contributed by atoms with Crippen LogP contribution < -0.4 is 4.90 Å². The molecule has 0 saturated carbocycles. The largest absolute Gasteiger partial charge is 0.478 e. The Labute approximate surface area is 92.2 Å². The number of benzene rings is 1. The van der Waals surface area contributed by atoms with Crippen molar-refractivity contribution < 1.29 is 19.4 Å². The SMILES string of the molecule is Cc1cccc(N2CCOC2=O)c1C(=O)O. The molecule has 0 bridgehead atoms. The lowest BCUT2D eigenvalue weighted by atomic mass is 10.1. The van der Waals surface area contributed by atoms with Gasteiger partial charge in [0.2, 0.25) is 0 Å². The van der Waals surface area contributed by atoms with Crippen LogP contribution in [-0.4, -0.2) is 30.3 Å². The predicted molar refractivity (Wildman–Crippen MR) is 56.8 cm³/mol. The van der Waals surface area contributed by atoms with E-state index in [0.717, 1.165) is 0 Å². The van der Waals surface area contributed by atoms with Gasteiger partial charge in [0.1, 0.15) is 6.61 Å². The zero-order valence-corrected chi connectivity index (χ0v) is 8.77. The highest BCUT2D eigenvalue weighted by Crippen LogP contribution is 2.26. The van der Waals surface area contributed by atoms with Crippen molar-refractivity contribution in [3.05, 3.63) is 29.3 Å². The summed E-state index contributed by atoms with van der Waals surface area (Å²) < 4.78 is 4.79. The molecule has 0 aromatic heterocycles. The first-order chi connectivity index (χ1) is 7.61. The van der Waals surface area contributed by atoms with Crippen LogP contribution in [0.4, 0.5) is 10.5 Å². The van der Waals surface area contributed by atoms with Crippen molar-refractivity contribution in [2.24, 2.45) is 0 Å². The third-order valence-electron chi connectivity index (χ3n) is 2.52. The fourth-order valence-electron chi connectivity index (χ4n) is 1.77. The van der Waals surface area contributed by atoms with Crippen molar-refractivity contribution in [3.8, 4) is 0 Å². The van der Waals surface area contributed by atoms with Crippen molar-refractivity contribution in [2.75, 3.05) is 18.1 Å². The molecule has 1 saturated heterocycles. The molecule has 0 radical (unpaired) electrons. The zero-order valence-electron chi connectivity index (χ0n) is 8.77. The van der Waals surface area contributed by atoms with E-state index in [4.69, 9.17) is 9.84 Å². The summed E-state index contributed by atoms with van der Waals surface area (Å²) in [5.74, 6) is -1.03. The fraction of sp³-hybridized carbons (Fsp3) is 0.273. The fourth-order valence-corrected chi connectivity index (χ4v) is 1.77. The summed E-state index contributed by atoms with van der Waals surface area (Å²) in [6.07, 6.45) is -0.492. The van der Waals surface area contributed by atoms with Crippen molar-refractivity contribution in [3.63, 3.8) is 0 Å². The number of anilines is 1. The lowest BCUT2D eigenvalue weighted by Crippen LogP contribution is -2.25. The van der Waals surface area contributed by atoms with Gasteiger partial charge in [0.15, 0.2) is 0 Å². The highest BCUT2D eigenvalue weighted by Gasteiger charge is 2.27. The number of aryl methyl sites for hydroxylation is 1. The molecule has 0 spiro atoms. The van der Waals surface area contributed by atoms with E-state index in [-0.39, 0.29) is 5.56 Å². The smallest absolute Gasteiger partial charge is 0.414 e. The first-order valence-corrected chi connectivity index (χ1v) is 4.88. The van der Waals surface area contributed by atoms with E-state index in [0.29, 0.717) is 24.4 Å². The molecule has 0 unspecified atom stereocenters. The molecule has 0 atom stereocenters. The minimum absolute atomic E-state index is 0.154. The number of carbonyl (C=O) groups excluding carboxylic acids is 1. The third kappa shape index (κ3) is 1.60. The van der Waals surface area contributed by atoms with Gasteiger partial charge in [-0.3, -0.25) is 4.90 Å². The van der Waals surface area contributed by atoms with Gasteiger partial charge < -0.3 is 9.84 Å². The van der Waals surface area contributed by atoms with Crippen LogP contribution in [-0.2, 0) is 4.74 Å². The van der Waals surface area contributed by atoms with Gasteiger partial charge in [-0.15, -0.1) is 0 Å². The Kier molecular flexibility index (Phi) is 2.52. The van der Waals surface area contributed by atoms with E-state index in [1.54, 1.807) is 25.1 Å². The van der Waals surface area contributed by atoms with Gasteiger partial charge in [0.25, 0.3) is 0 Å². The Bertz CT molecular complexity index is 455. The van der Waals surface area contributed by atoms with E-state index in [9.17, 15) is 9.59 Å². The maximum absolute atomic E-state index is 11.4. The molecule has 1 heterocycles. The third-order valence-corrected chi connectivity index (χ3v) is 2.52. The summed E-state index contributed by atoms with van der Waals surface area (Å²) in [6.45, 7) is 2.39. The van der Waals surface area contributed by atoms with Crippen LogP contribution in [0.5, 0.6) is 0 Å². The van der Waals surface area contributed by atoms with Crippen LogP contribution in [0.3, 0.4) is 0 Å². The summed E-state index contributed by atoms with van der Waals surface area (Å²) in [4.78, 5) is 23.8. The number of hydrogen-bond acceptors (Lipinski definition) is 3. The number of rotatable bonds is 2. The number of ether oxygens (including phenoxy) is 1. The normalized spacial score (nSPS) is 15.1. The lowest BCUT2D eigenvalue weighted by molar-refractivity contribution is 0.0697. The highest BCUT2D eigenvalue weighted by molar-refractivity contribution is 6.01. The van der Waals surface area contributed by atoms with Crippen LogP contribution >= 0.6 is 0 Å². The maximum Gasteiger partial charge on any atom is 0.414 e. The standard InChI is InChI=1S/C11H11NO4/c1-7-3-2-4-8(9(7)10(13)14)12-5-6-16-11(12)15/h2-4H,5-6H2,1H3,(H,13,14). The summed E-state index contributed by atoms with van der Waals surface area (Å²) >= 11 is 0. The molecule has 2 rings (SSSR count). The van der Waals surface area contributed by atoms with E-state index < -0.39 is 12.1 Å². The van der Waals surface area contributed by atoms with Gasteiger partial charge in [0.05, 0.1) is 17.8 Å². The van der Waals surface area contributed by atoms with E-state index >= 15 is 0 Å². The number of cyclic esters (lactones) is 1. The van der Waals surface area contributed by atoms with E-state index in [1.807, 2.05) is 0 Å². The first kappa shape index (κ1) is 10.5. The molecule has 1 amide bonds. The molecule has 5 heteroatoms. The summed E-state index contributed by atoms with van der Waals surface area (Å²) in [7, 11) is 0. The van der Waals surface area contributed by atoms with Crippen molar-refractivity contribution >= 4 is 17.7 Å². The molecule has 1 aliphatic rings. The predicted octanol–water partition coefficient (Wildman–Crippen LogP) is 1.65. The van der Waals surface area contributed by atoms with E-state index in [1.165, 1.54) is 4.90 Å². The Morgan fingerprint density at radius 3 is 2.81 bits per heavy atom. The maximum atomic E-state index is 11.4. The quantitative estimate of drug-likeness (QED) is 0.824. The van der Waals surface area contributed by atoms with Crippen LogP contribution in [0.15, 0.2) is 18.2 Å². The average Bonchev–Trinajstić information content (AvgIpc) is 2.63. The number of carboxylic acids is 1. The van der Waals surface area contributed by atoms with Gasteiger partial charge in [-0.25, -0.2) is 9.59 Å². The second-order valence-electron chi connectivity index (χ2n) is 3.54. The van der Waals surface area contributed by atoms with Crippen LogP contribution in [0, 0.1) is 6.92 Å². The number of carboxylic acid groups (broad SMARTS) is 1. The molecule has 5 nitrogen and oxygen atoms in total. The number of aromatic carboxylic acids is 1. The lowest BCUT2D eigenvalue weighted by Gasteiger charge is -2.16. The van der Waals surface area contributed by atoms with Gasteiger partial charge >= 0.3 is 12.1 Å². The number of amides is 1. The molecule has 0 aliphatic carbocycles. The first-order valence-electron chi connectivity index (χ1n) is 4.88. The molecule has 16 heavy (non-hydrogen) atoms. The van der Waals surface area contributed by atoms with Crippen LogP contribution in [0.1, 0.15) is 15.9 Å². The zero-order chi connectivity index (χ0) is 11.7. The highest BCUT2D eigenvalue weighted by atomic mass is 16.6. The molecule has 1 N–H and O–H groups in total. The Morgan fingerprint density at radius 1 is 1.50 bits per heavy atom. The van der Waals surface area contributed by atoms with Crippen molar-refractivity contribution in [2.45, 2.75) is 6.92 Å². The van der Waals surface area contributed by atoms with Crippen LogP contribution in [0.2, 0.25) is 0 Å². The molecular weight excluding hydrogens is 210 g/mol. The van der Waals surface area contributed by atoms with Gasteiger partial charge in [-0.1, -0.05) is 12.1 Å².